The summed E-state index contributed by atoms with van der Waals surface area (Å²) in [5.74, 6) is 0.00152. The van der Waals surface area contributed by atoms with Crippen molar-refractivity contribution in [1.29, 1.82) is 0 Å². The molecule has 143 valence electrons. The van der Waals surface area contributed by atoms with Crippen molar-refractivity contribution in [2.45, 2.75) is 44.4 Å². The van der Waals surface area contributed by atoms with Gasteiger partial charge in [0.1, 0.15) is 0 Å². The third-order valence-corrected chi connectivity index (χ3v) is 5.47. The van der Waals surface area contributed by atoms with E-state index in [0.717, 1.165) is 16.7 Å². The topological polar surface area (TPSA) is 44.8 Å². The van der Waals surface area contributed by atoms with Crippen LogP contribution in [0, 0.1) is 24.5 Å². The number of hydrogen-bond donors (Lipinski definition) is 2. The Morgan fingerprint density at radius 1 is 1.14 bits per heavy atom. The number of nitrogens with zero attached hydrogens (tertiary/aromatic N) is 1. The molecule has 0 bridgehead atoms. The molecule has 3 nitrogen and oxygen atoms in total. The molecule has 2 aromatic rings. The molecule has 28 heavy (non-hydrogen) atoms. The van der Waals surface area contributed by atoms with Gasteiger partial charge in [0.2, 0.25) is 6.04 Å². The van der Waals surface area contributed by atoms with Gasteiger partial charge in [0.25, 0.3) is 0 Å². The Labute approximate surface area is 193 Å². The summed E-state index contributed by atoms with van der Waals surface area (Å²) in [5, 5.41) is 20.9. The summed E-state index contributed by atoms with van der Waals surface area (Å²) in [6.07, 6.45) is 3.55. The van der Waals surface area contributed by atoms with Gasteiger partial charge in [-0.15, -0.1) is 5.56 Å². The van der Waals surface area contributed by atoms with E-state index < -0.39 is 12.2 Å². The van der Waals surface area contributed by atoms with Gasteiger partial charge in [-0.25, -0.2) is 6.57 Å². The molecule has 2 aromatic carbocycles. The van der Waals surface area contributed by atoms with Crippen LogP contribution in [0.2, 0.25) is 0 Å². The fourth-order valence-electron chi connectivity index (χ4n) is 3.91. The molecular formula is C24H26NO2Y-. The van der Waals surface area contributed by atoms with Gasteiger partial charge >= 0.3 is 0 Å². The summed E-state index contributed by atoms with van der Waals surface area (Å²) in [5.41, 5.74) is 2.97. The standard InChI is InChI=1S/C24H26NO2.Y/c1-16(2)24(27)19-12-10-18(11-13-19)23-20(21(25-3)15-22(23)26)14-9-17-7-5-4-6-8-17;/h5-14,16,20-24,26-27H,15H2,1-2H3;/q-1;/b14-9+;/t20?,21-,22-,23?,24?;/m1./s1. The summed E-state index contributed by atoms with van der Waals surface area (Å²) in [6.45, 7) is 11.5. The zero-order chi connectivity index (χ0) is 19.4. The molecule has 3 rings (SSSR count). The molecule has 0 heterocycles. The Morgan fingerprint density at radius 2 is 1.79 bits per heavy atom. The fraction of sp³-hybridized carbons (Fsp3) is 0.375. The quantitative estimate of drug-likeness (QED) is 0.654. The van der Waals surface area contributed by atoms with Gasteiger partial charge in [-0.1, -0.05) is 50.3 Å². The zero-order valence-electron chi connectivity index (χ0n) is 16.4. The number of rotatable bonds is 5. The molecule has 1 radical (unpaired) electrons. The van der Waals surface area contributed by atoms with Crippen LogP contribution in [0.3, 0.4) is 0 Å². The maximum absolute atomic E-state index is 10.6. The van der Waals surface area contributed by atoms with Crippen molar-refractivity contribution in [1.82, 2.24) is 0 Å². The first kappa shape index (κ1) is 23.0. The molecule has 0 aromatic heterocycles. The van der Waals surface area contributed by atoms with E-state index >= 15 is 0 Å². The van der Waals surface area contributed by atoms with Crippen molar-refractivity contribution >= 4 is 6.08 Å². The molecular weight excluding hydrogens is 423 g/mol. The number of hydrogen-bond acceptors (Lipinski definition) is 2. The van der Waals surface area contributed by atoms with Crippen molar-refractivity contribution < 1.29 is 42.9 Å². The summed E-state index contributed by atoms with van der Waals surface area (Å²) >= 11 is 0. The summed E-state index contributed by atoms with van der Waals surface area (Å²) < 4.78 is 0. The van der Waals surface area contributed by atoms with Gasteiger partial charge in [0.05, 0.1) is 18.1 Å². The summed E-state index contributed by atoms with van der Waals surface area (Å²) in [4.78, 5) is 3.77. The third-order valence-electron chi connectivity index (χ3n) is 5.47. The normalized spacial score (nSPS) is 25.4. The maximum atomic E-state index is 10.6. The molecule has 1 aliphatic rings. The van der Waals surface area contributed by atoms with Crippen LogP contribution < -0.4 is 0 Å². The predicted octanol–water partition coefficient (Wildman–Crippen LogP) is 4.64. The van der Waals surface area contributed by atoms with E-state index in [-0.39, 0.29) is 56.5 Å². The Bertz CT molecular complexity index is 811. The SMILES string of the molecule is [C-]#[N+][C@@H]1C[C@@H](O)C(c2ccc(C(O)C(C)C)cc2)C1/C=C/c1cc[c-]cc1.[Y]. The predicted molar refractivity (Wildman–Crippen MR) is 108 cm³/mol. The monoisotopic (exact) mass is 449 g/mol. The van der Waals surface area contributed by atoms with Gasteiger partial charge in [-0.2, -0.15) is 30.3 Å². The molecule has 0 amide bonds. The first-order valence-corrected chi connectivity index (χ1v) is 9.48. The van der Waals surface area contributed by atoms with Crippen LogP contribution in [0.5, 0.6) is 0 Å². The van der Waals surface area contributed by atoms with E-state index in [4.69, 9.17) is 6.57 Å². The molecule has 1 aliphatic carbocycles. The maximum Gasteiger partial charge on any atom is 0.233 e. The minimum Gasteiger partial charge on any atom is -0.392 e. The van der Waals surface area contributed by atoms with E-state index in [1.807, 2.05) is 68.5 Å². The van der Waals surface area contributed by atoms with Crippen LogP contribution in [-0.4, -0.2) is 22.4 Å². The second-order valence-corrected chi connectivity index (χ2v) is 7.65. The van der Waals surface area contributed by atoms with Gasteiger partial charge in [-0.3, -0.25) is 0 Å². The molecule has 0 aliphatic heterocycles. The van der Waals surface area contributed by atoms with E-state index in [0.29, 0.717) is 6.42 Å². The van der Waals surface area contributed by atoms with Crippen molar-refractivity contribution in [3.8, 4) is 0 Å². The van der Waals surface area contributed by atoms with Crippen LogP contribution in [0.15, 0.2) is 54.6 Å². The average molecular weight is 449 g/mol. The molecule has 5 atom stereocenters. The fourth-order valence-corrected chi connectivity index (χ4v) is 3.91. The third kappa shape index (κ3) is 5.19. The van der Waals surface area contributed by atoms with Crippen LogP contribution in [0.1, 0.15) is 49.0 Å². The van der Waals surface area contributed by atoms with Crippen molar-refractivity contribution in [3.05, 3.63) is 88.8 Å². The van der Waals surface area contributed by atoms with Gasteiger partial charge in [0.15, 0.2) is 0 Å². The average Bonchev–Trinajstić information content (AvgIpc) is 3.02. The first-order chi connectivity index (χ1) is 13.0. The van der Waals surface area contributed by atoms with E-state index in [9.17, 15) is 10.2 Å². The van der Waals surface area contributed by atoms with Crippen molar-refractivity contribution in [2.75, 3.05) is 0 Å². The zero-order valence-corrected chi connectivity index (χ0v) is 19.2. The van der Waals surface area contributed by atoms with Crippen LogP contribution in [0.4, 0.5) is 0 Å². The van der Waals surface area contributed by atoms with E-state index in [1.54, 1.807) is 0 Å². The second kappa shape index (κ2) is 10.5. The Balaban J connectivity index is 0.00000280. The van der Waals surface area contributed by atoms with Crippen molar-refractivity contribution in [3.63, 3.8) is 0 Å². The minimum absolute atomic E-state index is 0. The van der Waals surface area contributed by atoms with Crippen LogP contribution in [-0.2, 0) is 32.7 Å². The number of benzene rings is 2. The number of aliphatic hydroxyl groups is 2. The molecule has 2 N–H and O–H groups in total. The van der Waals surface area contributed by atoms with Gasteiger partial charge < -0.3 is 15.1 Å². The first-order valence-electron chi connectivity index (χ1n) is 9.48. The minimum atomic E-state index is -0.538. The Morgan fingerprint density at radius 3 is 2.36 bits per heavy atom. The largest absolute Gasteiger partial charge is 0.392 e. The van der Waals surface area contributed by atoms with Crippen LogP contribution in [0.25, 0.3) is 10.9 Å². The molecule has 0 spiro atoms. The Hall–Kier alpha value is -1.31. The molecule has 1 saturated carbocycles. The van der Waals surface area contributed by atoms with Gasteiger partial charge in [-0.05, 0) is 17.0 Å². The smallest absolute Gasteiger partial charge is 0.233 e. The van der Waals surface area contributed by atoms with Gasteiger partial charge in [0, 0.05) is 45.0 Å². The second-order valence-electron chi connectivity index (χ2n) is 7.65. The summed E-state index contributed by atoms with van der Waals surface area (Å²) in [6, 6.07) is 18.3. The van der Waals surface area contributed by atoms with Crippen LogP contribution >= 0.6 is 0 Å². The van der Waals surface area contributed by atoms with E-state index in [1.165, 1.54) is 0 Å². The summed E-state index contributed by atoms with van der Waals surface area (Å²) in [7, 11) is 0. The molecule has 3 unspecified atom stereocenters. The van der Waals surface area contributed by atoms with E-state index in [2.05, 4.69) is 17.0 Å². The molecule has 1 fully saturated rings. The van der Waals surface area contributed by atoms with Crippen molar-refractivity contribution in [2.24, 2.45) is 11.8 Å². The number of aliphatic hydroxyl groups excluding tert-OH is 2. The molecule has 4 heteroatoms. The Kier molecular flexibility index (Phi) is 8.59. The molecule has 0 saturated heterocycles.